The van der Waals surface area contributed by atoms with Gasteiger partial charge in [0.25, 0.3) is 0 Å². The molecule has 1 N–H and O–H groups in total. The Bertz CT molecular complexity index is 1090. The van der Waals surface area contributed by atoms with Gasteiger partial charge in [-0.25, -0.2) is 0 Å². The van der Waals surface area contributed by atoms with Crippen molar-refractivity contribution in [2.75, 3.05) is 29.4 Å². The highest BCUT2D eigenvalue weighted by Gasteiger charge is 2.48. The third kappa shape index (κ3) is 4.40. The average Bonchev–Trinajstić information content (AvgIpc) is 2.63. The summed E-state index contributed by atoms with van der Waals surface area (Å²) in [6.07, 6.45) is -9.66. The summed E-state index contributed by atoms with van der Waals surface area (Å²) in [6, 6.07) is 7.30. The van der Waals surface area contributed by atoms with E-state index in [1.54, 1.807) is 11.0 Å². The van der Waals surface area contributed by atoms with Crippen LogP contribution in [0.2, 0.25) is 0 Å². The molecule has 33 heavy (non-hydrogen) atoms. The van der Waals surface area contributed by atoms with Crippen LogP contribution in [0.4, 0.5) is 37.7 Å². The summed E-state index contributed by atoms with van der Waals surface area (Å²) in [5.41, 5.74) is -2.63. The van der Waals surface area contributed by atoms with E-state index in [4.69, 9.17) is 9.84 Å². The highest BCUT2D eigenvalue weighted by Crippen LogP contribution is 2.50. The average molecular weight is 474 g/mol. The van der Waals surface area contributed by atoms with Gasteiger partial charge >= 0.3 is 18.4 Å². The molecule has 0 unspecified atom stereocenters. The van der Waals surface area contributed by atoms with Crippen molar-refractivity contribution in [3.05, 3.63) is 42.0 Å². The second kappa shape index (κ2) is 7.46. The van der Waals surface area contributed by atoms with Crippen LogP contribution in [0.1, 0.15) is 19.4 Å². The quantitative estimate of drug-likeness (QED) is 0.478. The SMILES string of the molecule is CC1(C)CN(C(F)(F)F)c2c(cc(C(F)(F)F)cc2-c2cccc(N3CC(C(=O)O)C3)c2)O1. The third-order valence-corrected chi connectivity index (χ3v) is 5.66. The zero-order valence-electron chi connectivity index (χ0n) is 17.6. The van der Waals surface area contributed by atoms with Gasteiger partial charge in [-0.1, -0.05) is 12.1 Å². The molecule has 4 rings (SSSR count). The summed E-state index contributed by atoms with van der Waals surface area (Å²) in [5, 5.41) is 9.06. The zero-order valence-corrected chi connectivity index (χ0v) is 17.6. The number of carbonyl (C=O) groups is 1. The normalized spacial score (nSPS) is 18.4. The first-order valence-electron chi connectivity index (χ1n) is 10.0. The topological polar surface area (TPSA) is 53.0 Å². The van der Waals surface area contributed by atoms with E-state index in [2.05, 4.69) is 0 Å². The van der Waals surface area contributed by atoms with Crippen molar-refractivity contribution in [1.29, 1.82) is 0 Å². The van der Waals surface area contributed by atoms with Gasteiger partial charge in [0.05, 0.1) is 23.7 Å². The van der Waals surface area contributed by atoms with E-state index in [9.17, 15) is 31.1 Å². The molecule has 0 spiro atoms. The molecule has 1 saturated heterocycles. The number of halogens is 6. The van der Waals surface area contributed by atoms with Gasteiger partial charge in [0.1, 0.15) is 11.4 Å². The molecule has 2 aromatic rings. The van der Waals surface area contributed by atoms with E-state index in [0.29, 0.717) is 17.8 Å². The van der Waals surface area contributed by atoms with E-state index in [1.807, 2.05) is 0 Å². The van der Waals surface area contributed by atoms with Crippen molar-refractivity contribution in [2.24, 2.45) is 5.92 Å². The predicted molar refractivity (Wildman–Crippen MR) is 108 cm³/mol. The second-order valence-corrected chi connectivity index (χ2v) is 8.77. The van der Waals surface area contributed by atoms with Crippen molar-refractivity contribution < 1.29 is 41.0 Å². The number of anilines is 2. The van der Waals surface area contributed by atoms with Crippen molar-refractivity contribution in [3.8, 4) is 16.9 Å². The van der Waals surface area contributed by atoms with Gasteiger partial charge in [-0.05, 0) is 43.7 Å². The van der Waals surface area contributed by atoms with Crippen molar-refractivity contribution >= 4 is 17.3 Å². The fourth-order valence-electron chi connectivity index (χ4n) is 4.07. The summed E-state index contributed by atoms with van der Waals surface area (Å²) in [5.74, 6) is -2.05. The molecule has 0 bridgehead atoms. The number of benzene rings is 2. The van der Waals surface area contributed by atoms with Crippen LogP contribution in [0.15, 0.2) is 36.4 Å². The summed E-state index contributed by atoms with van der Waals surface area (Å²) in [7, 11) is 0. The number of aliphatic carboxylic acids is 1. The minimum atomic E-state index is -4.85. The lowest BCUT2D eigenvalue weighted by Gasteiger charge is -2.42. The molecule has 1 fully saturated rings. The first kappa shape index (κ1) is 23.1. The Labute approximate surface area is 185 Å². The number of fused-ring (bicyclic) bond motifs is 1. The van der Waals surface area contributed by atoms with E-state index in [1.165, 1.54) is 32.0 Å². The largest absolute Gasteiger partial charge is 0.485 e. The minimum absolute atomic E-state index is 0.109. The Balaban J connectivity index is 1.87. The predicted octanol–water partition coefficient (Wildman–Crippen LogP) is 5.39. The summed E-state index contributed by atoms with van der Waals surface area (Å²) >= 11 is 0. The van der Waals surface area contributed by atoms with Crippen LogP contribution in [0.25, 0.3) is 11.1 Å². The zero-order chi connectivity index (χ0) is 24.3. The third-order valence-electron chi connectivity index (χ3n) is 5.66. The monoisotopic (exact) mass is 474 g/mol. The summed E-state index contributed by atoms with van der Waals surface area (Å²) in [6.45, 7) is 2.54. The lowest BCUT2D eigenvalue weighted by molar-refractivity contribution is -0.142. The highest BCUT2D eigenvalue weighted by molar-refractivity contribution is 5.86. The molecule has 5 nitrogen and oxygen atoms in total. The van der Waals surface area contributed by atoms with Gasteiger partial charge in [0.2, 0.25) is 0 Å². The van der Waals surface area contributed by atoms with Crippen LogP contribution >= 0.6 is 0 Å². The van der Waals surface area contributed by atoms with Crippen LogP contribution in [-0.2, 0) is 11.0 Å². The van der Waals surface area contributed by atoms with Gasteiger partial charge in [0, 0.05) is 24.3 Å². The van der Waals surface area contributed by atoms with Crippen molar-refractivity contribution in [1.82, 2.24) is 0 Å². The first-order chi connectivity index (χ1) is 15.2. The molecular formula is C22H20F6N2O3. The van der Waals surface area contributed by atoms with Crippen LogP contribution in [0.3, 0.4) is 0 Å². The summed E-state index contributed by atoms with van der Waals surface area (Å²) < 4.78 is 88.3. The molecule has 178 valence electrons. The molecule has 2 aromatic carbocycles. The number of carboxylic acid groups (broad SMARTS) is 1. The van der Waals surface area contributed by atoms with E-state index >= 15 is 0 Å². The van der Waals surface area contributed by atoms with E-state index in [0.717, 1.165) is 0 Å². The number of nitrogens with zero attached hydrogens (tertiary/aromatic N) is 2. The fourth-order valence-corrected chi connectivity index (χ4v) is 4.07. The molecule has 0 atom stereocenters. The van der Waals surface area contributed by atoms with Gasteiger partial charge in [-0.15, -0.1) is 0 Å². The molecule has 11 heteroatoms. The highest BCUT2D eigenvalue weighted by atomic mass is 19.4. The number of alkyl halides is 6. The van der Waals surface area contributed by atoms with Gasteiger partial charge in [-0.2, -0.15) is 26.3 Å². The molecule has 0 radical (unpaired) electrons. The maximum Gasteiger partial charge on any atom is 0.485 e. The number of hydrogen-bond acceptors (Lipinski definition) is 4. The molecule has 0 amide bonds. The number of hydrogen-bond donors (Lipinski definition) is 1. The van der Waals surface area contributed by atoms with E-state index < -0.39 is 53.5 Å². The molecule has 0 aromatic heterocycles. The molecule has 2 aliphatic rings. The van der Waals surface area contributed by atoms with Gasteiger partial charge in [0.15, 0.2) is 0 Å². The van der Waals surface area contributed by atoms with Gasteiger partial charge < -0.3 is 14.7 Å². The standard InChI is InChI=1S/C22H20F6N2O3/c1-20(2)11-30(22(26,27)28)18-16(7-14(21(23,24)25)8-17(18)33-20)12-4-3-5-15(6-12)29-9-13(10-29)19(31)32/h3-8,13H,9-11H2,1-2H3,(H,31,32). The molecule has 0 aliphatic carbocycles. The maximum atomic E-state index is 14.0. The number of rotatable bonds is 3. The summed E-state index contributed by atoms with van der Waals surface area (Å²) in [4.78, 5) is 12.9. The van der Waals surface area contributed by atoms with Crippen LogP contribution < -0.4 is 14.5 Å². The Morgan fingerprint density at radius 1 is 1.09 bits per heavy atom. The minimum Gasteiger partial charge on any atom is -0.484 e. The van der Waals surface area contributed by atoms with Crippen molar-refractivity contribution in [3.63, 3.8) is 0 Å². The second-order valence-electron chi connectivity index (χ2n) is 8.77. The Morgan fingerprint density at radius 2 is 1.76 bits per heavy atom. The van der Waals surface area contributed by atoms with Crippen LogP contribution in [0, 0.1) is 5.92 Å². The number of carboxylic acids is 1. The van der Waals surface area contributed by atoms with Crippen molar-refractivity contribution in [2.45, 2.75) is 31.9 Å². The Morgan fingerprint density at radius 3 is 2.33 bits per heavy atom. The van der Waals surface area contributed by atoms with Crippen LogP contribution in [-0.4, -0.2) is 42.6 Å². The smallest absolute Gasteiger partial charge is 0.484 e. The Hall–Kier alpha value is -3.11. The molecule has 2 aliphatic heterocycles. The molecular weight excluding hydrogens is 454 g/mol. The van der Waals surface area contributed by atoms with E-state index in [-0.39, 0.29) is 29.1 Å². The molecule has 0 saturated carbocycles. The molecule has 2 heterocycles. The van der Waals surface area contributed by atoms with Crippen LogP contribution in [0.5, 0.6) is 5.75 Å². The maximum absolute atomic E-state index is 14.0. The van der Waals surface area contributed by atoms with Gasteiger partial charge in [-0.3, -0.25) is 9.69 Å². The lowest BCUT2D eigenvalue weighted by Crippen LogP contribution is -2.52. The fraction of sp³-hybridized carbons (Fsp3) is 0.409. The number of ether oxygens (including phenoxy) is 1. The Kier molecular flexibility index (Phi) is 5.21. The first-order valence-corrected chi connectivity index (χ1v) is 10.0. The lowest BCUT2D eigenvalue weighted by atomic mass is 9.94.